The average Bonchev–Trinajstić information content (AvgIpc) is 3.28. The van der Waals surface area contributed by atoms with Gasteiger partial charge in [-0.2, -0.15) is 0 Å². The van der Waals surface area contributed by atoms with Gasteiger partial charge in [0.25, 0.3) is 0 Å². The summed E-state index contributed by atoms with van der Waals surface area (Å²) in [5.41, 5.74) is 0. The molecule has 6 nitrogen and oxygen atoms in total. The highest BCUT2D eigenvalue weighted by Gasteiger charge is 2.19. The molecule has 63 heavy (non-hydrogen) atoms. The Bertz CT molecular complexity index is 1150. The zero-order valence-electron chi connectivity index (χ0n) is 41.6. The Morgan fingerprint density at radius 2 is 0.587 bits per heavy atom. The molecule has 0 aliphatic heterocycles. The van der Waals surface area contributed by atoms with Gasteiger partial charge in [-0.15, -0.1) is 0 Å². The normalized spacial score (nSPS) is 12.5. The van der Waals surface area contributed by atoms with Gasteiger partial charge in [-0.25, -0.2) is 0 Å². The number of carbonyl (C=O) groups excluding carboxylic acids is 3. The number of hydrogen-bond donors (Lipinski definition) is 0. The summed E-state index contributed by atoms with van der Waals surface area (Å²) in [6.07, 6.45) is 63.4. The van der Waals surface area contributed by atoms with Crippen LogP contribution < -0.4 is 0 Å². The van der Waals surface area contributed by atoms with E-state index in [2.05, 4.69) is 81.5 Å². The Labute approximate surface area is 390 Å². The van der Waals surface area contributed by atoms with Crippen LogP contribution in [0.3, 0.4) is 0 Å². The summed E-state index contributed by atoms with van der Waals surface area (Å²) < 4.78 is 16.8. The van der Waals surface area contributed by atoms with Crippen molar-refractivity contribution in [2.75, 3.05) is 13.2 Å². The fraction of sp³-hybridized carbons (Fsp3) is 0.772. The third-order valence-electron chi connectivity index (χ3n) is 11.5. The van der Waals surface area contributed by atoms with Crippen molar-refractivity contribution >= 4 is 17.9 Å². The summed E-state index contributed by atoms with van der Waals surface area (Å²) in [6.45, 7) is 6.54. The number of carbonyl (C=O) groups is 3. The van der Waals surface area contributed by atoms with Gasteiger partial charge in [0.2, 0.25) is 0 Å². The molecule has 0 radical (unpaired) electrons. The Hall–Kier alpha value is -2.89. The zero-order valence-corrected chi connectivity index (χ0v) is 41.6. The molecule has 0 amide bonds. The van der Waals surface area contributed by atoms with E-state index >= 15 is 0 Å². The number of hydrogen-bond acceptors (Lipinski definition) is 6. The minimum atomic E-state index is -0.797. The summed E-state index contributed by atoms with van der Waals surface area (Å²) in [5, 5.41) is 0. The first-order chi connectivity index (χ1) is 31.0. The van der Waals surface area contributed by atoms with Crippen molar-refractivity contribution < 1.29 is 28.6 Å². The van der Waals surface area contributed by atoms with Crippen LogP contribution in [-0.2, 0) is 28.6 Å². The fourth-order valence-corrected chi connectivity index (χ4v) is 7.41. The number of esters is 3. The van der Waals surface area contributed by atoms with E-state index < -0.39 is 6.10 Å². The second kappa shape index (κ2) is 51.7. The maximum absolute atomic E-state index is 12.8. The Morgan fingerprint density at radius 3 is 1.00 bits per heavy atom. The fourth-order valence-electron chi connectivity index (χ4n) is 7.41. The van der Waals surface area contributed by atoms with E-state index in [-0.39, 0.29) is 37.5 Å². The van der Waals surface area contributed by atoms with E-state index in [4.69, 9.17) is 14.2 Å². The third-order valence-corrected chi connectivity index (χ3v) is 11.5. The predicted octanol–water partition coefficient (Wildman–Crippen LogP) is 17.6. The van der Waals surface area contributed by atoms with Crippen LogP contribution in [0.4, 0.5) is 0 Å². The molecule has 0 rings (SSSR count). The summed E-state index contributed by atoms with van der Waals surface area (Å²) >= 11 is 0. The van der Waals surface area contributed by atoms with Crippen molar-refractivity contribution in [3.8, 4) is 0 Å². The lowest BCUT2D eigenvalue weighted by molar-refractivity contribution is -0.167. The van der Waals surface area contributed by atoms with Crippen molar-refractivity contribution in [1.29, 1.82) is 0 Å². The molecule has 1 atom stereocenters. The first-order valence-electron chi connectivity index (χ1n) is 26.8. The standard InChI is InChI=1S/C57H100O6/c1-4-7-10-13-16-19-22-25-28-30-32-35-38-41-44-47-50-56(59)62-53-54(52-61-55(58)49-46-43-40-37-34-31-27-24-21-18-15-12-9-6-3)63-57(60)51-48-45-42-39-36-33-29-26-23-20-17-14-11-8-5-2/h15,17-18,20,24,26-27,29,36,39,54H,4-14,16,19,21-23,25,28,30-35,37-38,40-53H2,1-3H3/b18-15-,20-17-,27-24-,29-26-,39-36-/t54-/m1/s1. The lowest BCUT2D eigenvalue weighted by atomic mass is 10.0. The van der Waals surface area contributed by atoms with Crippen LogP contribution in [0.25, 0.3) is 0 Å². The van der Waals surface area contributed by atoms with Crippen LogP contribution in [0.2, 0.25) is 0 Å². The minimum absolute atomic E-state index is 0.0921. The molecular formula is C57H100O6. The molecule has 0 N–H and O–H groups in total. The molecule has 364 valence electrons. The van der Waals surface area contributed by atoms with Crippen molar-refractivity contribution in [2.45, 2.75) is 271 Å². The molecule has 0 unspecified atom stereocenters. The van der Waals surface area contributed by atoms with Crippen LogP contribution in [0.1, 0.15) is 265 Å². The number of unbranched alkanes of at least 4 members (excludes halogenated alkanes) is 27. The first-order valence-corrected chi connectivity index (χ1v) is 26.8. The van der Waals surface area contributed by atoms with Crippen LogP contribution in [0.5, 0.6) is 0 Å². The van der Waals surface area contributed by atoms with E-state index in [0.29, 0.717) is 19.3 Å². The molecular weight excluding hydrogens is 781 g/mol. The number of allylic oxidation sites excluding steroid dienone is 10. The van der Waals surface area contributed by atoms with Gasteiger partial charge in [0.1, 0.15) is 13.2 Å². The topological polar surface area (TPSA) is 78.9 Å². The van der Waals surface area contributed by atoms with Gasteiger partial charge >= 0.3 is 17.9 Å². The lowest BCUT2D eigenvalue weighted by Gasteiger charge is -2.18. The Morgan fingerprint density at radius 1 is 0.317 bits per heavy atom. The molecule has 0 aromatic carbocycles. The van der Waals surface area contributed by atoms with Crippen LogP contribution in [0, 0.1) is 0 Å². The van der Waals surface area contributed by atoms with Gasteiger partial charge in [0, 0.05) is 19.3 Å². The molecule has 0 saturated carbocycles. The van der Waals surface area contributed by atoms with E-state index in [1.54, 1.807) is 0 Å². The van der Waals surface area contributed by atoms with Crippen LogP contribution in [-0.4, -0.2) is 37.2 Å². The third kappa shape index (κ3) is 50.0. The molecule has 0 saturated heterocycles. The summed E-state index contributed by atoms with van der Waals surface area (Å²) in [6, 6.07) is 0. The Balaban J connectivity index is 4.44. The Kier molecular flexibility index (Phi) is 49.4. The number of rotatable bonds is 48. The predicted molar refractivity (Wildman–Crippen MR) is 270 cm³/mol. The molecule has 0 spiro atoms. The van der Waals surface area contributed by atoms with Gasteiger partial charge in [-0.3, -0.25) is 14.4 Å². The largest absolute Gasteiger partial charge is 0.462 e. The van der Waals surface area contributed by atoms with Crippen molar-refractivity contribution in [2.24, 2.45) is 0 Å². The van der Waals surface area contributed by atoms with Gasteiger partial charge in [0.15, 0.2) is 6.10 Å². The van der Waals surface area contributed by atoms with Crippen LogP contribution in [0.15, 0.2) is 60.8 Å². The smallest absolute Gasteiger partial charge is 0.306 e. The quantitative estimate of drug-likeness (QED) is 0.0262. The lowest BCUT2D eigenvalue weighted by Crippen LogP contribution is -2.30. The highest BCUT2D eigenvalue weighted by molar-refractivity contribution is 5.71. The summed E-state index contributed by atoms with van der Waals surface area (Å²) in [7, 11) is 0. The van der Waals surface area contributed by atoms with Crippen molar-refractivity contribution in [3.05, 3.63) is 60.8 Å². The first kappa shape index (κ1) is 60.1. The summed E-state index contributed by atoms with van der Waals surface area (Å²) in [5.74, 6) is -0.938. The second-order valence-electron chi connectivity index (χ2n) is 17.8. The van der Waals surface area contributed by atoms with Crippen molar-refractivity contribution in [1.82, 2.24) is 0 Å². The van der Waals surface area contributed by atoms with E-state index in [0.717, 1.165) is 89.9 Å². The highest BCUT2D eigenvalue weighted by atomic mass is 16.6. The maximum atomic E-state index is 12.8. The molecule has 0 fully saturated rings. The monoisotopic (exact) mass is 881 g/mol. The number of ether oxygens (including phenoxy) is 3. The summed E-state index contributed by atoms with van der Waals surface area (Å²) in [4.78, 5) is 38.0. The average molecular weight is 881 g/mol. The van der Waals surface area contributed by atoms with Gasteiger partial charge in [-0.05, 0) is 83.5 Å². The second-order valence-corrected chi connectivity index (χ2v) is 17.8. The SMILES string of the molecule is CCCC/C=C\C/C=C\CCCCCCCC(=O)OC[C@H](COC(=O)CCCCCCCCCCCCCCCCCC)OC(=O)CCCC/C=C\C/C=C\C/C=C\CCCCC. The molecule has 0 aliphatic rings. The van der Waals surface area contributed by atoms with E-state index in [9.17, 15) is 14.4 Å². The molecule has 6 heteroatoms. The minimum Gasteiger partial charge on any atom is -0.462 e. The van der Waals surface area contributed by atoms with Gasteiger partial charge in [0.05, 0.1) is 0 Å². The molecule has 0 aromatic heterocycles. The van der Waals surface area contributed by atoms with Gasteiger partial charge in [-0.1, -0.05) is 223 Å². The highest BCUT2D eigenvalue weighted by Crippen LogP contribution is 2.15. The van der Waals surface area contributed by atoms with Crippen molar-refractivity contribution in [3.63, 3.8) is 0 Å². The van der Waals surface area contributed by atoms with Gasteiger partial charge < -0.3 is 14.2 Å². The van der Waals surface area contributed by atoms with E-state index in [1.165, 1.54) is 128 Å². The van der Waals surface area contributed by atoms with Crippen LogP contribution >= 0.6 is 0 Å². The molecule has 0 heterocycles. The molecule has 0 aliphatic carbocycles. The zero-order chi connectivity index (χ0) is 45.8. The molecule has 0 aromatic rings. The molecule has 0 bridgehead atoms. The van der Waals surface area contributed by atoms with E-state index in [1.807, 2.05) is 0 Å². The maximum Gasteiger partial charge on any atom is 0.306 e.